The number of amides is 3. The Kier molecular flexibility index (Phi) is 5.48. The molecule has 0 N–H and O–H groups in total. The second kappa shape index (κ2) is 8.00. The number of rotatable bonds is 4. The topological polar surface area (TPSA) is 60.9 Å². The molecule has 1 atom stereocenters. The van der Waals surface area contributed by atoms with Gasteiger partial charge in [-0.25, -0.2) is 0 Å². The predicted octanol–water partition coefficient (Wildman–Crippen LogP) is 2.07. The van der Waals surface area contributed by atoms with Crippen LogP contribution in [0.3, 0.4) is 0 Å². The van der Waals surface area contributed by atoms with Gasteiger partial charge in [0, 0.05) is 51.1 Å². The average Bonchev–Trinajstić information content (AvgIpc) is 3.44. The maximum atomic E-state index is 12.6. The van der Waals surface area contributed by atoms with Crippen LogP contribution in [0, 0.1) is 11.8 Å². The van der Waals surface area contributed by atoms with Crippen LogP contribution in [0.15, 0.2) is 16.8 Å². The van der Waals surface area contributed by atoms with Crippen LogP contribution in [0.1, 0.15) is 42.5 Å². The van der Waals surface area contributed by atoms with Crippen LogP contribution in [0.4, 0.5) is 0 Å². The Morgan fingerprint density at radius 1 is 1.07 bits per heavy atom. The fourth-order valence-corrected chi connectivity index (χ4v) is 5.14. The van der Waals surface area contributed by atoms with Crippen LogP contribution in [0.2, 0.25) is 0 Å². The molecule has 0 bridgehead atoms. The van der Waals surface area contributed by atoms with E-state index < -0.39 is 0 Å². The van der Waals surface area contributed by atoms with E-state index in [2.05, 4.69) is 0 Å². The van der Waals surface area contributed by atoms with E-state index >= 15 is 0 Å². The second-order valence-corrected chi connectivity index (χ2v) is 8.76. The minimum Gasteiger partial charge on any atom is -0.342 e. The first-order valence-corrected chi connectivity index (χ1v) is 10.9. The lowest BCUT2D eigenvalue weighted by molar-refractivity contribution is -0.134. The number of piperidine rings is 1. The molecular formula is C20H27N3O3S. The molecule has 4 rings (SSSR count). The first kappa shape index (κ1) is 18.5. The highest BCUT2D eigenvalue weighted by molar-refractivity contribution is 7.08. The van der Waals surface area contributed by atoms with Crippen molar-refractivity contribution in [2.24, 2.45) is 11.8 Å². The lowest BCUT2D eigenvalue weighted by atomic mass is 9.96. The summed E-state index contributed by atoms with van der Waals surface area (Å²) in [6.07, 6.45) is 4.37. The van der Waals surface area contributed by atoms with Crippen molar-refractivity contribution in [2.45, 2.75) is 32.1 Å². The largest absolute Gasteiger partial charge is 0.342 e. The first-order valence-electron chi connectivity index (χ1n) is 10.00. The van der Waals surface area contributed by atoms with Gasteiger partial charge in [-0.3, -0.25) is 14.4 Å². The molecule has 7 heteroatoms. The molecule has 1 unspecified atom stereocenters. The number of carbonyl (C=O) groups is 3. The number of hydrogen-bond acceptors (Lipinski definition) is 4. The number of hydrogen-bond donors (Lipinski definition) is 0. The van der Waals surface area contributed by atoms with Crippen LogP contribution in [0.25, 0.3) is 0 Å². The quantitative estimate of drug-likeness (QED) is 0.792. The van der Waals surface area contributed by atoms with E-state index in [0.717, 1.165) is 64.0 Å². The van der Waals surface area contributed by atoms with Crippen LogP contribution in [-0.2, 0) is 9.59 Å². The minimum atomic E-state index is -0.157. The van der Waals surface area contributed by atoms with Crippen molar-refractivity contribution in [3.63, 3.8) is 0 Å². The molecule has 3 aliphatic heterocycles. The van der Waals surface area contributed by atoms with Crippen LogP contribution in [-0.4, -0.2) is 71.7 Å². The van der Waals surface area contributed by atoms with Gasteiger partial charge in [0.25, 0.3) is 5.91 Å². The molecule has 146 valence electrons. The third-order valence-corrected chi connectivity index (χ3v) is 6.81. The summed E-state index contributed by atoms with van der Waals surface area (Å²) in [5.74, 6) is 0.657. The van der Waals surface area contributed by atoms with E-state index in [1.54, 1.807) is 11.3 Å². The van der Waals surface area contributed by atoms with Crippen molar-refractivity contribution in [2.75, 3.05) is 39.3 Å². The van der Waals surface area contributed by atoms with E-state index in [0.29, 0.717) is 18.9 Å². The summed E-state index contributed by atoms with van der Waals surface area (Å²) in [5, 5.41) is 3.83. The number of nitrogens with zero attached hydrogens (tertiary/aromatic N) is 3. The predicted molar refractivity (Wildman–Crippen MR) is 103 cm³/mol. The Morgan fingerprint density at radius 3 is 2.48 bits per heavy atom. The molecule has 0 aliphatic carbocycles. The third kappa shape index (κ3) is 4.03. The van der Waals surface area contributed by atoms with E-state index in [-0.39, 0.29) is 23.6 Å². The highest BCUT2D eigenvalue weighted by atomic mass is 32.1. The van der Waals surface area contributed by atoms with Gasteiger partial charge < -0.3 is 14.7 Å². The summed E-state index contributed by atoms with van der Waals surface area (Å²) in [5.41, 5.74) is 0.774. The minimum absolute atomic E-state index is 0.114. The molecule has 4 heterocycles. The van der Waals surface area contributed by atoms with E-state index in [4.69, 9.17) is 0 Å². The molecule has 3 amide bonds. The summed E-state index contributed by atoms with van der Waals surface area (Å²) in [4.78, 5) is 43.1. The smallest absolute Gasteiger partial charge is 0.254 e. The first-order chi connectivity index (χ1) is 13.1. The zero-order valence-electron chi connectivity index (χ0n) is 15.6. The molecule has 0 aromatic carbocycles. The lowest BCUT2D eigenvalue weighted by Gasteiger charge is -2.34. The van der Waals surface area contributed by atoms with Gasteiger partial charge in [-0.2, -0.15) is 11.3 Å². The van der Waals surface area contributed by atoms with Gasteiger partial charge in [0.1, 0.15) is 0 Å². The Hall–Kier alpha value is -1.89. The zero-order valence-corrected chi connectivity index (χ0v) is 16.5. The van der Waals surface area contributed by atoms with Crippen molar-refractivity contribution in [3.8, 4) is 0 Å². The molecule has 27 heavy (non-hydrogen) atoms. The SMILES string of the molecule is O=C1CC(C(=O)N2CCCC2)CN1CC1CCN(C(=O)c2ccsc2)CC1. The van der Waals surface area contributed by atoms with Crippen LogP contribution >= 0.6 is 11.3 Å². The third-order valence-electron chi connectivity index (χ3n) is 6.13. The van der Waals surface area contributed by atoms with E-state index in [1.807, 2.05) is 31.5 Å². The Balaban J connectivity index is 1.26. The Bertz CT molecular complexity index is 691. The number of thiophene rings is 1. The van der Waals surface area contributed by atoms with Crippen molar-refractivity contribution in [1.29, 1.82) is 0 Å². The normalized spacial score (nSPS) is 24.1. The summed E-state index contributed by atoms with van der Waals surface area (Å²) >= 11 is 1.54. The molecule has 3 saturated heterocycles. The highest BCUT2D eigenvalue weighted by Gasteiger charge is 2.38. The van der Waals surface area contributed by atoms with Crippen molar-refractivity contribution in [1.82, 2.24) is 14.7 Å². The van der Waals surface area contributed by atoms with Crippen LogP contribution < -0.4 is 0 Å². The second-order valence-electron chi connectivity index (χ2n) is 7.98. The van der Waals surface area contributed by atoms with Gasteiger partial charge in [0.15, 0.2) is 0 Å². The summed E-state index contributed by atoms with van der Waals surface area (Å²) in [6, 6.07) is 1.87. The van der Waals surface area contributed by atoms with E-state index in [9.17, 15) is 14.4 Å². The monoisotopic (exact) mass is 389 g/mol. The average molecular weight is 390 g/mol. The molecule has 1 aromatic heterocycles. The maximum Gasteiger partial charge on any atom is 0.254 e. The van der Waals surface area contributed by atoms with Gasteiger partial charge in [-0.15, -0.1) is 0 Å². The van der Waals surface area contributed by atoms with Gasteiger partial charge in [0.05, 0.1) is 11.5 Å². The molecule has 3 fully saturated rings. The molecular weight excluding hydrogens is 362 g/mol. The molecule has 0 spiro atoms. The number of likely N-dealkylation sites (tertiary alicyclic amines) is 3. The lowest BCUT2D eigenvalue weighted by Crippen LogP contribution is -2.42. The molecule has 0 radical (unpaired) electrons. The molecule has 6 nitrogen and oxygen atoms in total. The van der Waals surface area contributed by atoms with Crippen molar-refractivity contribution >= 4 is 29.1 Å². The fraction of sp³-hybridized carbons (Fsp3) is 0.650. The van der Waals surface area contributed by atoms with Crippen LogP contribution in [0.5, 0.6) is 0 Å². The molecule has 3 aliphatic rings. The van der Waals surface area contributed by atoms with E-state index in [1.165, 1.54) is 0 Å². The van der Waals surface area contributed by atoms with Gasteiger partial charge in [-0.1, -0.05) is 0 Å². The molecule has 0 saturated carbocycles. The maximum absolute atomic E-state index is 12.6. The van der Waals surface area contributed by atoms with Gasteiger partial charge in [0.2, 0.25) is 11.8 Å². The standard InChI is InChI=1S/C20H27N3O3S/c24-18-11-17(20(26)21-6-1-2-7-21)13-23(18)12-15-3-8-22(9-4-15)19(25)16-5-10-27-14-16/h5,10,14-15,17H,1-4,6-9,11-13H2. The Morgan fingerprint density at radius 2 is 1.81 bits per heavy atom. The van der Waals surface area contributed by atoms with Crippen molar-refractivity contribution < 1.29 is 14.4 Å². The van der Waals surface area contributed by atoms with Gasteiger partial charge >= 0.3 is 0 Å². The summed E-state index contributed by atoms with van der Waals surface area (Å²) < 4.78 is 0. The zero-order chi connectivity index (χ0) is 18.8. The summed E-state index contributed by atoms with van der Waals surface area (Å²) in [6.45, 7) is 4.49. The van der Waals surface area contributed by atoms with Gasteiger partial charge in [-0.05, 0) is 43.0 Å². The fourth-order valence-electron chi connectivity index (χ4n) is 4.51. The number of carbonyl (C=O) groups excluding carboxylic acids is 3. The summed E-state index contributed by atoms with van der Waals surface area (Å²) in [7, 11) is 0. The molecule has 1 aromatic rings. The van der Waals surface area contributed by atoms with Crippen molar-refractivity contribution in [3.05, 3.63) is 22.4 Å². The Labute approximate surface area is 164 Å². The highest BCUT2D eigenvalue weighted by Crippen LogP contribution is 2.26.